The molecule has 0 bridgehead atoms. The van der Waals surface area contributed by atoms with Crippen molar-refractivity contribution >= 4 is 49.1 Å². The highest BCUT2D eigenvalue weighted by Gasteiger charge is 2.23. The van der Waals surface area contributed by atoms with Crippen LogP contribution in [0.4, 0.5) is 0 Å². The lowest BCUT2D eigenvalue weighted by Gasteiger charge is -2.20. The maximum absolute atomic E-state index is 6.82. The Kier molecular flexibility index (Phi) is 7.99. The number of pyridine rings is 2. The minimum atomic E-state index is 0.740. The molecule has 0 unspecified atom stereocenters. The van der Waals surface area contributed by atoms with Crippen LogP contribution in [0.1, 0.15) is 22.3 Å². The van der Waals surface area contributed by atoms with Crippen LogP contribution in [0.25, 0.3) is 88.5 Å². The predicted octanol–water partition coefficient (Wildman–Crippen LogP) is 14.2. The molecule has 11 aromatic rings. The van der Waals surface area contributed by atoms with Crippen molar-refractivity contribution in [3.8, 4) is 50.8 Å². The maximum atomic E-state index is 6.82. The van der Waals surface area contributed by atoms with Gasteiger partial charge in [0.2, 0.25) is 0 Å². The quantitative estimate of drug-likeness (QED) is 0.159. The lowest BCUT2D eigenvalue weighted by Crippen LogP contribution is -2.00. The highest BCUT2D eigenvalue weighted by molar-refractivity contribution is 6.17. The fourth-order valence-electron chi connectivity index (χ4n) is 9.36. The Balaban J connectivity index is 1.19. The van der Waals surface area contributed by atoms with E-state index in [9.17, 15) is 0 Å². The number of hydrogen-bond acceptors (Lipinski definition) is 3. The first-order valence-corrected chi connectivity index (χ1v) is 20.1. The molecule has 11 rings (SSSR count). The summed E-state index contributed by atoms with van der Waals surface area (Å²) in [6, 6.07) is 55.9. The molecule has 0 fully saturated rings. The highest BCUT2D eigenvalue weighted by atomic mass is 16.5. The Bertz CT molecular complexity index is 3410. The predicted molar refractivity (Wildman–Crippen MR) is 244 cm³/mol. The molecule has 4 aromatic heterocycles. The monoisotopic (exact) mass is 760 g/mol. The number of aryl methyl sites for hydroxylation is 4. The summed E-state index contributed by atoms with van der Waals surface area (Å²) >= 11 is 0. The van der Waals surface area contributed by atoms with Gasteiger partial charge in [0.1, 0.15) is 23.0 Å². The van der Waals surface area contributed by atoms with Gasteiger partial charge in [0.25, 0.3) is 0 Å². The molecule has 0 saturated carbocycles. The second-order valence-electron chi connectivity index (χ2n) is 15.7. The summed E-state index contributed by atoms with van der Waals surface area (Å²) in [6.07, 6.45) is 3.90. The molecule has 0 aliphatic carbocycles. The number of fused-ring (bicyclic) bond motifs is 9. The van der Waals surface area contributed by atoms with Crippen LogP contribution in [0, 0.1) is 27.7 Å². The fraction of sp³-hybridized carbons (Fsp3) is 0.0741. The molecule has 282 valence electrons. The van der Waals surface area contributed by atoms with E-state index < -0.39 is 0 Å². The van der Waals surface area contributed by atoms with Crippen LogP contribution < -0.4 is 4.74 Å². The van der Waals surface area contributed by atoms with E-state index in [-0.39, 0.29) is 0 Å². The van der Waals surface area contributed by atoms with Gasteiger partial charge in [-0.25, -0.2) is 9.97 Å². The van der Waals surface area contributed by atoms with Gasteiger partial charge < -0.3 is 4.74 Å². The van der Waals surface area contributed by atoms with E-state index in [0.29, 0.717) is 0 Å². The van der Waals surface area contributed by atoms with E-state index in [2.05, 4.69) is 182 Å². The third-order valence-electron chi connectivity index (χ3n) is 12.0. The Hall–Kier alpha value is -7.50. The van der Waals surface area contributed by atoms with Crippen LogP contribution in [0.5, 0.6) is 11.5 Å². The largest absolute Gasteiger partial charge is 0.457 e. The van der Waals surface area contributed by atoms with Crippen molar-refractivity contribution in [2.75, 3.05) is 0 Å². The molecule has 0 saturated heterocycles. The number of aromatic nitrogens is 4. The standard InChI is InChI=1S/C54H40N4O/c1-33-14-12-15-34(2)51(33)46-29-38(37-18-6-5-7-19-37)28-44-41-25-23-39(30-45(41)54-56-32-49(58(54)53(44)46)52-35(3)16-13-17-36(52)4)59-40-24-26-43-42-20-8-9-21-47(42)57(48(43)31-40)50-22-10-11-27-55-50/h5-32H,1-4H3. The van der Waals surface area contributed by atoms with Crippen molar-refractivity contribution in [2.45, 2.75) is 27.7 Å². The number of para-hydroxylation sites is 1. The van der Waals surface area contributed by atoms with E-state index in [1.807, 2.05) is 24.4 Å². The SMILES string of the molecule is Cc1cccc(C)c1-c1cc(-c2ccccc2)cc2c3ccc(Oc4ccc5c6ccccc6n(-c6ccccn6)c5c4)cc3c3ncc(-c4c(C)cccc4C)n3c12. The molecule has 7 aromatic carbocycles. The number of rotatable bonds is 6. The maximum Gasteiger partial charge on any atom is 0.145 e. The van der Waals surface area contributed by atoms with E-state index in [4.69, 9.17) is 14.7 Å². The average Bonchev–Trinajstić information content (AvgIpc) is 3.84. The van der Waals surface area contributed by atoms with E-state index >= 15 is 0 Å². The molecule has 5 heteroatoms. The lowest BCUT2D eigenvalue weighted by molar-refractivity contribution is 0.484. The van der Waals surface area contributed by atoms with Crippen molar-refractivity contribution < 1.29 is 4.74 Å². The van der Waals surface area contributed by atoms with Gasteiger partial charge in [-0.15, -0.1) is 0 Å². The van der Waals surface area contributed by atoms with Crippen molar-refractivity contribution in [3.63, 3.8) is 0 Å². The Morgan fingerprint density at radius 2 is 1.12 bits per heavy atom. The number of ether oxygens (including phenoxy) is 1. The lowest BCUT2D eigenvalue weighted by atomic mass is 9.89. The zero-order chi connectivity index (χ0) is 39.8. The minimum absolute atomic E-state index is 0.740. The van der Waals surface area contributed by atoms with E-state index in [1.54, 1.807) is 0 Å². The molecular formula is C54H40N4O. The molecule has 5 nitrogen and oxygen atoms in total. The number of imidazole rings is 1. The Morgan fingerprint density at radius 1 is 0.458 bits per heavy atom. The van der Waals surface area contributed by atoms with Gasteiger partial charge in [-0.1, -0.05) is 91.0 Å². The third kappa shape index (κ3) is 5.53. The summed E-state index contributed by atoms with van der Waals surface area (Å²) in [5.41, 5.74) is 16.1. The van der Waals surface area contributed by atoms with Gasteiger partial charge in [-0.05, 0) is 133 Å². The van der Waals surface area contributed by atoms with Crippen LogP contribution in [-0.4, -0.2) is 18.9 Å². The van der Waals surface area contributed by atoms with Crippen LogP contribution in [0.2, 0.25) is 0 Å². The summed E-state index contributed by atoms with van der Waals surface area (Å²) in [6.45, 7) is 8.83. The van der Waals surface area contributed by atoms with Gasteiger partial charge in [-0.3, -0.25) is 8.97 Å². The topological polar surface area (TPSA) is 44.3 Å². The van der Waals surface area contributed by atoms with E-state index in [0.717, 1.165) is 66.8 Å². The van der Waals surface area contributed by atoms with Crippen LogP contribution in [0.15, 0.2) is 170 Å². The summed E-state index contributed by atoms with van der Waals surface area (Å²) in [5.74, 6) is 2.35. The van der Waals surface area contributed by atoms with Gasteiger partial charge >= 0.3 is 0 Å². The Morgan fingerprint density at radius 3 is 1.86 bits per heavy atom. The zero-order valence-corrected chi connectivity index (χ0v) is 33.4. The van der Waals surface area contributed by atoms with E-state index in [1.165, 1.54) is 55.5 Å². The molecule has 59 heavy (non-hydrogen) atoms. The Labute approximate surface area is 342 Å². The number of benzene rings is 7. The van der Waals surface area contributed by atoms with Gasteiger partial charge in [0, 0.05) is 44.9 Å². The summed E-state index contributed by atoms with van der Waals surface area (Å²) in [7, 11) is 0. The first-order valence-electron chi connectivity index (χ1n) is 20.1. The van der Waals surface area contributed by atoms with Crippen molar-refractivity contribution in [1.29, 1.82) is 0 Å². The number of hydrogen-bond donors (Lipinski definition) is 0. The third-order valence-corrected chi connectivity index (χ3v) is 12.0. The van der Waals surface area contributed by atoms with Gasteiger partial charge in [-0.2, -0.15) is 0 Å². The van der Waals surface area contributed by atoms with Crippen LogP contribution in [0.3, 0.4) is 0 Å². The van der Waals surface area contributed by atoms with Crippen molar-refractivity contribution in [3.05, 3.63) is 192 Å². The minimum Gasteiger partial charge on any atom is -0.457 e. The molecule has 0 aliphatic heterocycles. The van der Waals surface area contributed by atoms with Crippen LogP contribution in [-0.2, 0) is 0 Å². The van der Waals surface area contributed by atoms with Crippen molar-refractivity contribution in [2.24, 2.45) is 0 Å². The molecule has 0 aliphatic rings. The first-order chi connectivity index (χ1) is 28.9. The molecule has 4 heterocycles. The summed E-state index contributed by atoms with van der Waals surface area (Å²) in [5, 5.41) is 5.62. The van der Waals surface area contributed by atoms with Crippen molar-refractivity contribution in [1.82, 2.24) is 18.9 Å². The molecule has 0 atom stereocenters. The molecule has 0 spiro atoms. The normalized spacial score (nSPS) is 11.7. The summed E-state index contributed by atoms with van der Waals surface area (Å²) < 4.78 is 11.4. The van der Waals surface area contributed by atoms with Gasteiger partial charge in [0.05, 0.1) is 28.4 Å². The molecule has 0 amide bonds. The average molecular weight is 761 g/mol. The molecule has 0 N–H and O–H groups in total. The fourth-order valence-corrected chi connectivity index (χ4v) is 9.36. The second kappa shape index (κ2) is 13.6. The summed E-state index contributed by atoms with van der Waals surface area (Å²) in [4.78, 5) is 10.0. The molecule has 0 radical (unpaired) electrons. The first kappa shape index (κ1) is 34.7. The van der Waals surface area contributed by atoms with Crippen LogP contribution >= 0.6 is 0 Å². The zero-order valence-electron chi connectivity index (χ0n) is 33.4. The molecular weight excluding hydrogens is 721 g/mol. The van der Waals surface area contributed by atoms with Gasteiger partial charge in [0.15, 0.2) is 0 Å². The highest BCUT2D eigenvalue weighted by Crippen LogP contribution is 2.44. The number of nitrogens with zero attached hydrogens (tertiary/aromatic N) is 4. The second-order valence-corrected chi connectivity index (χ2v) is 15.7. The smallest absolute Gasteiger partial charge is 0.145 e.